The second-order valence-corrected chi connectivity index (χ2v) is 9.66. The van der Waals surface area contributed by atoms with E-state index in [1.165, 1.54) is 24.3 Å². The molecule has 3 nitrogen and oxygen atoms in total. The maximum atomic E-state index is 13.4. The molecule has 1 atom stereocenters. The highest BCUT2D eigenvalue weighted by Crippen LogP contribution is 2.51. The number of allylic oxidation sites excluding steroid dienone is 2. The minimum atomic E-state index is -4.40. The Bertz CT molecular complexity index is 1390. The van der Waals surface area contributed by atoms with Crippen molar-refractivity contribution < 1.29 is 17.6 Å². The zero-order valence-electron chi connectivity index (χ0n) is 20.4. The van der Waals surface area contributed by atoms with Gasteiger partial charge < -0.3 is 10.2 Å². The monoisotopic (exact) mass is 505 g/mol. The van der Waals surface area contributed by atoms with Crippen LogP contribution in [0.1, 0.15) is 29.7 Å². The third-order valence-corrected chi connectivity index (χ3v) is 7.20. The van der Waals surface area contributed by atoms with Crippen LogP contribution < -0.4 is 10.2 Å². The number of hydrogen-bond donors (Lipinski definition) is 1. The summed E-state index contributed by atoms with van der Waals surface area (Å²) in [5.41, 5.74) is 4.86. The lowest BCUT2D eigenvalue weighted by Gasteiger charge is -2.48. The van der Waals surface area contributed by atoms with Crippen LogP contribution in [0.2, 0.25) is 0 Å². The lowest BCUT2D eigenvalue weighted by molar-refractivity contribution is -0.137. The maximum absolute atomic E-state index is 13.4. The van der Waals surface area contributed by atoms with Crippen molar-refractivity contribution in [3.8, 4) is 0 Å². The van der Waals surface area contributed by atoms with E-state index < -0.39 is 17.2 Å². The average molecular weight is 506 g/mol. The summed E-state index contributed by atoms with van der Waals surface area (Å²) in [7, 11) is 0. The molecule has 1 saturated heterocycles. The molecule has 37 heavy (non-hydrogen) atoms. The lowest BCUT2D eigenvalue weighted by atomic mass is 9.65. The molecule has 1 aromatic heterocycles. The largest absolute Gasteiger partial charge is 0.416 e. The quantitative estimate of drug-likeness (QED) is 0.359. The number of benzene rings is 2. The van der Waals surface area contributed by atoms with Gasteiger partial charge >= 0.3 is 6.18 Å². The SMILES string of the molecule is C=C(c1cc(C)ccn1)C12CC=C(Nc3ccc(F)cc3)C=C1CCN(c1cccc(C(F)(F)F)c1)C2. The number of anilines is 2. The molecule has 5 rings (SSSR count). The zero-order valence-corrected chi connectivity index (χ0v) is 20.4. The van der Waals surface area contributed by atoms with Gasteiger partial charge in [0.25, 0.3) is 0 Å². The van der Waals surface area contributed by atoms with Gasteiger partial charge in [-0.05, 0) is 91.6 Å². The summed E-state index contributed by atoms with van der Waals surface area (Å²) < 4.78 is 53.6. The number of fused-ring (bicyclic) bond motifs is 1. The first-order valence-corrected chi connectivity index (χ1v) is 12.1. The molecule has 1 fully saturated rings. The molecule has 0 saturated carbocycles. The number of aromatic nitrogens is 1. The Balaban J connectivity index is 1.50. The van der Waals surface area contributed by atoms with Crippen molar-refractivity contribution >= 4 is 16.9 Å². The highest BCUT2D eigenvalue weighted by Gasteiger charge is 2.44. The van der Waals surface area contributed by atoms with E-state index in [0.29, 0.717) is 31.6 Å². The van der Waals surface area contributed by atoms with Gasteiger partial charge in [0.15, 0.2) is 0 Å². The Labute approximate surface area is 213 Å². The van der Waals surface area contributed by atoms with Crippen LogP contribution >= 0.6 is 0 Å². The zero-order chi connectivity index (χ0) is 26.2. The molecule has 1 aliphatic heterocycles. The van der Waals surface area contributed by atoms with Crippen LogP contribution in [0.15, 0.2) is 96.9 Å². The number of halogens is 4. The van der Waals surface area contributed by atoms with Gasteiger partial charge in [-0.25, -0.2) is 4.39 Å². The molecular weight excluding hydrogens is 478 g/mol. The van der Waals surface area contributed by atoms with Crippen LogP contribution in [0.5, 0.6) is 0 Å². The lowest BCUT2D eigenvalue weighted by Crippen LogP contribution is -2.46. The van der Waals surface area contributed by atoms with Gasteiger partial charge in [-0.1, -0.05) is 24.3 Å². The van der Waals surface area contributed by atoms with E-state index in [0.717, 1.165) is 39.9 Å². The van der Waals surface area contributed by atoms with Crippen LogP contribution in [-0.4, -0.2) is 18.1 Å². The van der Waals surface area contributed by atoms with Crippen molar-refractivity contribution in [1.82, 2.24) is 4.98 Å². The summed E-state index contributed by atoms with van der Waals surface area (Å²) in [6.07, 6.45) is 2.78. The number of piperidine rings is 1. The normalized spacial score (nSPS) is 19.5. The topological polar surface area (TPSA) is 28.2 Å². The first kappa shape index (κ1) is 24.8. The van der Waals surface area contributed by atoms with Crippen LogP contribution in [0, 0.1) is 18.2 Å². The summed E-state index contributed by atoms with van der Waals surface area (Å²) in [5, 5.41) is 3.35. The van der Waals surface area contributed by atoms with Gasteiger partial charge in [0.2, 0.25) is 0 Å². The summed E-state index contributed by atoms with van der Waals surface area (Å²) in [6, 6.07) is 15.6. The first-order chi connectivity index (χ1) is 17.6. The second-order valence-electron chi connectivity index (χ2n) is 9.66. The molecule has 0 amide bonds. The standard InChI is InChI=1S/C30H27F4N3/c1-20-11-14-35-28(16-20)21(2)29-13-10-26(36-25-8-6-24(31)7-9-25)17-22(29)12-15-37(19-29)27-5-3-4-23(18-27)30(32,33)34/h3-11,14,16-18,36H,2,12-13,15,19H2,1H3. The van der Waals surface area contributed by atoms with Gasteiger partial charge in [0.05, 0.1) is 11.3 Å². The Morgan fingerprint density at radius 2 is 1.86 bits per heavy atom. The van der Waals surface area contributed by atoms with Crippen molar-refractivity contribution in [2.75, 3.05) is 23.3 Å². The molecule has 0 bridgehead atoms. The molecule has 2 heterocycles. The summed E-state index contributed by atoms with van der Waals surface area (Å²) >= 11 is 0. The van der Waals surface area contributed by atoms with Crippen molar-refractivity contribution in [3.63, 3.8) is 0 Å². The summed E-state index contributed by atoms with van der Waals surface area (Å²) in [6.45, 7) is 7.52. The average Bonchev–Trinajstić information content (AvgIpc) is 2.89. The predicted octanol–water partition coefficient (Wildman–Crippen LogP) is 7.78. The molecule has 0 radical (unpaired) electrons. The van der Waals surface area contributed by atoms with Crippen molar-refractivity contribution in [2.45, 2.75) is 25.9 Å². The number of pyridine rings is 1. The van der Waals surface area contributed by atoms with E-state index in [1.807, 2.05) is 24.0 Å². The molecular formula is C30H27F4N3. The maximum Gasteiger partial charge on any atom is 0.416 e. The van der Waals surface area contributed by atoms with E-state index in [1.54, 1.807) is 24.4 Å². The fourth-order valence-electron chi connectivity index (χ4n) is 5.18. The highest BCUT2D eigenvalue weighted by molar-refractivity contribution is 5.73. The van der Waals surface area contributed by atoms with Gasteiger partial charge in [0, 0.05) is 41.8 Å². The van der Waals surface area contributed by atoms with Gasteiger partial charge in [-0.2, -0.15) is 13.2 Å². The van der Waals surface area contributed by atoms with E-state index >= 15 is 0 Å². The number of nitrogens with zero attached hydrogens (tertiary/aromatic N) is 2. The van der Waals surface area contributed by atoms with E-state index in [9.17, 15) is 17.6 Å². The minimum Gasteiger partial charge on any atom is -0.370 e. The van der Waals surface area contributed by atoms with Crippen LogP contribution in [0.25, 0.3) is 5.57 Å². The molecule has 1 aliphatic carbocycles. The predicted molar refractivity (Wildman–Crippen MR) is 140 cm³/mol. The number of hydrogen-bond acceptors (Lipinski definition) is 3. The summed E-state index contributed by atoms with van der Waals surface area (Å²) in [4.78, 5) is 6.59. The minimum absolute atomic E-state index is 0.301. The Morgan fingerprint density at radius 3 is 2.59 bits per heavy atom. The molecule has 190 valence electrons. The smallest absolute Gasteiger partial charge is 0.370 e. The fraction of sp³-hybridized carbons (Fsp3) is 0.233. The molecule has 2 aromatic carbocycles. The van der Waals surface area contributed by atoms with E-state index in [-0.39, 0.29) is 5.82 Å². The van der Waals surface area contributed by atoms with Crippen LogP contribution in [0.3, 0.4) is 0 Å². The molecule has 3 aromatic rings. The van der Waals surface area contributed by atoms with E-state index in [4.69, 9.17) is 0 Å². The van der Waals surface area contributed by atoms with Crippen molar-refractivity contribution in [1.29, 1.82) is 0 Å². The Kier molecular flexibility index (Phi) is 6.40. The van der Waals surface area contributed by atoms with Gasteiger partial charge in [-0.15, -0.1) is 0 Å². The highest BCUT2D eigenvalue weighted by atomic mass is 19.4. The fourth-order valence-corrected chi connectivity index (χ4v) is 5.18. The van der Waals surface area contributed by atoms with E-state index in [2.05, 4.69) is 29.0 Å². The van der Waals surface area contributed by atoms with Gasteiger partial charge in [-0.3, -0.25) is 4.98 Å². The van der Waals surface area contributed by atoms with Crippen molar-refractivity contribution in [3.05, 3.63) is 119 Å². The Morgan fingerprint density at radius 1 is 1.08 bits per heavy atom. The number of alkyl halides is 3. The molecule has 2 aliphatic rings. The second kappa shape index (κ2) is 9.54. The molecule has 1 N–H and O–H groups in total. The number of aryl methyl sites for hydroxylation is 1. The third-order valence-electron chi connectivity index (χ3n) is 7.20. The Hall–Kier alpha value is -3.87. The molecule has 1 unspecified atom stereocenters. The van der Waals surface area contributed by atoms with Crippen LogP contribution in [-0.2, 0) is 6.18 Å². The van der Waals surface area contributed by atoms with Crippen molar-refractivity contribution in [2.24, 2.45) is 5.41 Å². The molecule has 0 spiro atoms. The molecule has 7 heteroatoms. The first-order valence-electron chi connectivity index (χ1n) is 12.1. The third kappa shape index (κ3) is 5.03. The van der Waals surface area contributed by atoms with Crippen LogP contribution in [0.4, 0.5) is 28.9 Å². The number of rotatable bonds is 5. The van der Waals surface area contributed by atoms with Gasteiger partial charge in [0.1, 0.15) is 5.82 Å². The summed E-state index contributed by atoms with van der Waals surface area (Å²) in [5.74, 6) is -0.301. The number of nitrogens with one attached hydrogen (secondary N) is 1.